The van der Waals surface area contributed by atoms with Crippen molar-refractivity contribution in [1.29, 1.82) is 0 Å². The average molecular weight is 430 g/mol. The third-order valence-corrected chi connectivity index (χ3v) is 5.50. The summed E-state index contributed by atoms with van der Waals surface area (Å²) in [4.78, 5) is 9.50. The Bertz CT molecular complexity index is 1230. The predicted octanol–water partition coefficient (Wildman–Crippen LogP) is 6.53. The molecule has 0 radical (unpaired) electrons. The van der Waals surface area contributed by atoms with Crippen molar-refractivity contribution in [3.63, 3.8) is 0 Å². The number of aryl methyl sites for hydroxylation is 1. The van der Waals surface area contributed by atoms with Crippen LogP contribution in [0.1, 0.15) is 32.3 Å². The summed E-state index contributed by atoms with van der Waals surface area (Å²) in [6.07, 6.45) is 8.43. The molecule has 0 aliphatic heterocycles. The number of nitrogens with zero attached hydrogens (tertiary/aromatic N) is 3. The smallest absolute Gasteiger partial charge is 0.181 e. The van der Waals surface area contributed by atoms with Crippen LogP contribution in [0.4, 0.5) is 15.9 Å². The molecule has 0 bridgehead atoms. The molecule has 32 heavy (non-hydrogen) atoms. The van der Waals surface area contributed by atoms with Crippen LogP contribution in [0.25, 0.3) is 28.2 Å². The fourth-order valence-electron chi connectivity index (χ4n) is 3.85. The molecule has 5 nitrogen and oxygen atoms in total. The molecule has 4 rings (SSSR count). The van der Waals surface area contributed by atoms with Gasteiger partial charge in [-0.1, -0.05) is 32.9 Å². The van der Waals surface area contributed by atoms with Crippen LogP contribution in [0, 0.1) is 5.82 Å². The van der Waals surface area contributed by atoms with Crippen LogP contribution in [0.3, 0.4) is 0 Å². The number of imidazole rings is 1. The highest BCUT2D eigenvalue weighted by Crippen LogP contribution is 2.36. The number of aromatic nitrogens is 3. The third-order valence-electron chi connectivity index (χ3n) is 5.50. The Balaban J connectivity index is 1.93. The molecule has 4 aromatic rings. The van der Waals surface area contributed by atoms with Crippen LogP contribution in [0.15, 0.2) is 67.6 Å². The van der Waals surface area contributed by atoms with Crippen LogP contribution in [0.5, 0.6) is 0 Å². The Morgan fingerprint density at radius 3 is 2.59 bits per heavy atom. The van der Waals surface area contributed by atoms with Gasteiger partial charge in [-0.3, -0.25) is 4.40 Å². The molecule has 0 amide bonds. The molecule has 164 valence electrons. The van der Waals surface area contributed by atoms with E-state index in [9.17, 15) is 4.39 Å². The number of benzene rings is 2. The van der Waals surface area contributed by atoms with Gasteiger partial charge in [-0.05, 0) is 61.0 Å². The summed E-state index contributed by atoms with van der Waals surface area (Å²) in [5.41, 5.74) is 6.61. The fraction of sp³-hybridized carbons (Fsp3) is 0.231. The van der Waals surface area contributed by atoms with Crippen LogP contribution in [0.2, 0.25) is 0 Å². The van der Waals surface area contributed by atoms with Gasteiger partial charge in [-0.2, -0.15) is 0 Å². The predicted molar refractivity (Wildman–Crippen MR) is 130 cm³/mol. The van der Waals surface area contributed by atoms with Gasteiger partial charge in [0.25, 0.3) is 0 Å². The molecule has 2 aromatic heterocycles. The summed E-state index contributed by atoms with van der Waals surface area (Å²) in [5, 5.41) is 6.62. The summed E-state index contributed by atoms with van der Waals surface area (Å²) in [5.74, 6) is 0.479. The zero-order valence-electron chi connectivity index (χ0n) is 18.5. The van der Waals surface area contributed by atoms with Gasteiger partial charge in [0.15, 0.2) is 11.5 Å². The normalized spacial score (nSPS) is 11.0. The molecule has 0 saturated carbocycles. The highest BCUT2D eigenvalue weighted by molar-refractivity contribution is 5.85. The van der Waals surface area contributed by atoms with Gasteiger partial charge >= 0.3 is 0 Å². The Morgan fingerprint density at radius 1 is 1.09 bits per heavy atom. The number of halogens is 1. The molecule has 2 heterocycles. The molecular weight excluding hydrogens is 401 g/mol. The van der Waals surface area contributed by atoms with E-state index in [1.165, 1.54) is 17.7 Å². The largest absolute Gasteiger partial charge is 0.367 e. The maximum absolute atomic E-state index is 13.6. The van der Waals surface area contributed by atoms with Gasteiger partial charge in [-0.15, -0.1) is 0 Å². The maximum atomic E-state index is 13.6. The first-order valence-corrected chi connectivity index (χ1v) is 11.0. The van der Waals surface area contributed by atoms with Gasteiger partial charge in [0.05, 0.1) is 11.4 Å². The second kappa shape index (κ2) is 9.64. The lowest BCUT2D eigenvalue weighted by Gasteiger charge is -2.12. The Labute approximate surface area is 188 Å². The molecule has 0 saturated heterocycles. The number of nitrogens with one attached hydrogen (secondary N) is 2. The summed E-state index contributed by atoms with van der Waals surface area (Å²) in [7, 11) is 0. The van der Waals surface area contributed by atoms with Gasteiger partial charge < -0.3 is 10.6 Å². The molecule has 0 atom stereocenters. The Kier molecular flexibility index (Phi) is 6.50. The average Bonchev–Trinajstić information content (AvgIpc) is 3.20. The lowest BCUT2D eigenvalue weighted by atomic mass is 10.0. The lowest BCUT2D eigenvalue weighted by molar-refractivity contribution is 0.628. The SMILES string of the molecule is C=CNc1ccc(-c2c(-c3ccc(F)cc3)nc3c(NCCCC)nccn23)cc1CC. The lowest BCUT2D eigenvalue weighted by Crippen LogP contribution is -2.05. The van der Waals surface area contributed by atoms with E-state index in [4.69, 9.17) is 4.98 Å². The standard InChI is InChI=1S/C26H28FN5/c1-4-7-14-29-25-26-31-23(19-8-11-21(27)12-9-19)24(32(26)16-15-30-25)20-10-13-22(28-6-3)18(5-2)17-20/h6,8-13,15-17,28H,3-5,7,14H2,1-2H3,(H,29,30). The van der Waals surface area contributed by atoms with Gasteiger partial charge in [0, 0.05) is 35.8 Å². The van der Waals surface area contributed by atoms with Crippen molar-refractivity contribution in [2.75, 3.05) is 17.2 Å². The van der Waals surface area contributed by atoms with E-state index in [1.54, 1.807) is 24.5 Å². The van der Waals surface area contributed by atoms with Crippen molar-refractivity contribution in [2.24, 2.45) is 0 Å². The Morgan fingerprint density at radius 2 is 1.88 bits per heavy atom. The molecule has 0 unspecified atom stereocenters. The van der Waals surface area contributed by atoms with Crippen molar-refractivity contribution in [1.82, 2.24) is 14.4 Å². The molecular formula is C26H28FN5. The van der Waals surface area contributed by atoms with Crippen molar-refractivity contribution in [2.45, 2.75) is 33.1 Å². The minimum absolute atomic E-state index is 0.268. The van der Waals surface area contributed by atoms with E-state index in [1.807, 2.05) is 6.20 Å². The highest BCUT2D eigenvalue weighted by Gasteiger charge is 2.19. The van der Waals surface area contributed by atoms with E-state index < -0.39 is 0 Å². The highest BCUT2D eigenvalue weighted by atomic mass is 19.1. The number of rotatable bonds is 9. The van der Waals surface area contributed by atoms with Crippen LogP contribution >= 0.6 is 0 Å². The number of hydrogen-bond donors (Lipinski definition) is 2. The van der Waals surface area contributed by atoms with Gasteiger partial charge in [0.1, 0.15) is 5.82 Å². The molecule has 0 aliphatic carbocycles. The molecule has 0 aliphatic rings. The van der Waals surface area contributed by atoms with E-state index in [0.717, 1.165) is 65.5 Å². The molecule has 2 N–H and O–H groups in total. The number of fused-ring (bicyclic) bond motifs is 1. The zero-order valence-corrected chi connectivity index (χ0v) is 18.5. The summed E-state index contributed by atoms with van der Waals surface area (Å²) in [6, 6.07) is 12.8. The zero-order chi connectivity index (χ0) is 22.5. The second-order valence-electron chi connectivity index (χ2n) is 7.64. The maximum Gasteiger partial charge on any atom is 0.181 e. The summed E-state index contributed by atoms with van der Waals surface area (Å²) >= 11 is 0. The fourth-order valence-corrected chi connectivity index (χ4v) is 3.85. The molecule has 0 fully saturated rings. The molecule has 0 spiro atoms. The van der Waals surface area contributed by atoms with E-state index in [2.05, 4.69) is 58.6 Å². The van der Waals surface area contributed by atoms with Crippen LogP contribution in [-0.4, -0.2) is 20.9 Å². The van der Waals surface area contributed by atoms with Crippen LogP contribution < -0.4 is 10.6 Å². The van der Waals surface area contributed by atoms with Crippen molar-refractivity contribution in [3.8, 4) is 22.5 Å². The number of anilines is 2. The number of hydrogen-bond acceptors (Lipinski definition) is 4. The Hall–Kier alpha value is -3.67. The summed E-state index contributed by atoms with van der Waals surface area (Å²) in [6.45, 7) is 8.89. The van der Waals surface area contributed by atoms with Crippen LogP contribution in [-0.2, 0) is 6.42 Å². The third kappa shape index (κ3) is 4.21. The minimum Gasteiger partial charge on any atom is -0.367 e. The van der Waals surface area contributed by atoms with Gasteiger partial charge in [-0.25, -0.2) is 14.4 Å². The van der Waals surface area contributed by atoms with E-state index >= 15 is 0 Å². The van der Waals surface area contributed by atoms with Gasteiger partial charge in [0.2, 0.25) is 0 Å². The first kappa shape index (κ1) is 21.6. The first-order chi connectivity index (χ1) is 15.7. The van der Waals surface area contributed by atoms with Crippen molar-refractivity contribution >= 4 is 17.2 Å². The first-order valence-electron chi connectivity index (χ1n) is 11.0. The topological polar surface area (TPSA) is 54.2 Å². The number of unbranched alkanes of at least 4 members (excludes halogenated alkanes) is 1. The molecule has 2 aromatic carbocycles. The monoisotopic (exact) mass is 429 g/mol. The second-order valence-corrected chi connectivity index (χ2v) is 7.64. The van der Waals surface area contributed by atoms with E-state index in [0.29, 0.717) is 0 Å². The quantitative estimate of drug-likeness (QED) is 0.297. The summed E-state index contributed by atoms with van der Waals surface area (Å²) < 4.78 is 15.7. The molecule has 6 heteroatoms. The van der Waals surface area contributed by atoms with Crippen molar-refractivity contribution in [3.05, 3.63) is 79.0 Å². The van der Waals surface area contributed by atoms with Crippen molar-refractivity contribution < 1.29 is 4.39 Å². The van der Waals surface area contributed by atoms with E-state index in [-0.39, 0.29) is 5.82 Å². The minimum atomic E-state index is -0.268.